The van der Waals surface area contributed by atoms with Gasteiger partial charge in [0.2, 0.25) is 6.10 Å². The lowest BCUT2D eigenvalue weighted by Gasteiger charge is -2.41. The predicted molar refractivity (Wildman–Crippen MR) is 77.5 cm³/mol. The number of ether oxygens (including phenoxy) is 4. The lowest BCUT2D eigenvalue weighted by atomic mass is 9.92. The second-order valence-electron chi connectivity index (χ2n) is 5.10. The number of esters is 4. The van der Waals surface area contributed by atoms with E-state index in [4.69, 9.17) is 18.9 Å². The number of cyclic esters (lactones) is 1. The molecule has 0 aromatic heterocycles. The normalized spacial score (nSPS) is 18.0. The van der Waals surface area contributed by atoms with Crippen molar-refractivity contribution in [3.8, 4) is 0 Å². The SMILES string of the molecule is CC(=O)OCC1OC(=O)c2ccccc2C1(OC(C)=O)OC(C)=O. The zero-order chi connectivity index (χ0) is 17.9. The smallest absolute Gasteiger partial charge is 0.339 e. The molecule has 1 heterocycles. The van der Waals surface area contributed by atoms with Gasteiger partial charge in [-0.05, 0) is 6.07 Å². The van der Waals surface area contributed by atoms with Gasteiger partial charge in [0, 0.05) is 20.8 Å². The molecule has 1 atom stereocenters. The summed E-state index contributed by atoms with van der Waals surface area (Å²) in [7, 11) is 0. The van der Waals surface area contributed by atoms with Crippen molar-refractivity contribution in [1.82, 2.24) is 0 Å². The summed E-state index contributed by atoms with van der Waals surface area (Å²) in [4.78, 5) is 46.5. The molecule has 2 rings (SSSR count). The lowest BCUT2D eigenvalue weighted by molar-refractivity contribution is -0.275. The van der Waals surface area contributed by atoms with Crippen molar-refractivity contribution in [2.75, 3.05) is 6.61 Å². The molecule has 1 aliphatic rings. The second kappa shape index (κ2) is 6.69. The van der Waals surface area contributed by atoms with Crippen LogP contribution in [0.2, 0.25) is 0 Å². The van der Waals surface area contributed by atoms with E-state index in [1.54, 1.807) is 12.1 Å². The van der Waals surface area contributed by atoms with Gasteiger partial charge in [0.05, 0.1) is 11.1 Å². The highest BCUT2D eigenvalue weighted by Gasteiger charge is 2.55. The molecule has 8 heteroatoms. The van der Waals surface area contributed by atoms with Crippen LogP contribution in [0.25, 0.3) is 0 Å². The van der Waals surface area contributed by atoms with E-state index in [1.165, 1.54) is 12.1 Å². The summed E-state index contributed by atoms with van der Waals surface area (Å²) in [6.07, 6.45) is -1.34. The van der Waals surface area contributed by atoms with Crippen LogP contribution in [0.1, 0.15) is 36.7 Å². The van der Waals surface area contributed by atoms with Gasteiger partial charge in [0.25, 0.3) is 0 Å². The third kappa shape index (κ3) is 3.37. The third-order valence-electron chi connectivity index (χ3n) is 3.22. The predicted octanol–water partition coefficient (Wildman–Crippen LogP) is 1.07. The first-order valence-electron chi connectivity index (χ1n) is 7.09. The average Bonchev–Trinajstić information content (AvgIpc) is 2.48. The van der Waals surface area contributed by atoms with Gasteiger partial charge in [-0.15, -0.1) is 0 Å². The zero-order valence-corrected chi connectivity index (χ0v) is 13.4. The molecule has 1 aromatic rings. The van der Waals surface area contributed by atoms with Crippen molar-refractivity contribution >= 4 is 23.9 Å². The Kier molecular flexibility index (Phi) is 4.87. The Balaban J connectivity index is 2.60. The molecule has 0 aliphatic carbocycles. The Bertz CT molecular complexity index is 677. The lowest BCUT2D eigenvalue weighted by Crippen LogP contribution is -2.54. The highest BCUT2D eigenvalue weighted by molar-refractivity contribution is 5.93. The average molecular weight is 336 g/mol. The molecule has 24 heavy (non-hydrogen) atoms. The molecule has 0 spiro atoms. The van der Waals surface area contributed by atoms with Crippen LogP contribution in [0, 0.1) is 0 Å². The fourth-order valence-electron chi connectivity index (χ4n) is 2.43. The summed E-state index contributed by atoms with van der Waals surface area (Å²) in [5.74, 6) is -4.91. The molecule has 128 valence electrons. The fourth-order valence-corrected chi connectivity index (χ4v) is 2.43. The standard InChI is InChI=1S/C16H16O8/c1-9(17)21-8-14-16(23-10(2)18,24-11(3)19)13-7-5-4-6-12(13)15(20)22-14/h4-7,14H,8H2,1-3H3. The monoisotopic (exact) mass is 336 g/mol. The van der Waals surface area contributed by atoms with Gasteiger partial charge in [0.15, 0.2) is 0 Å². The van der Waals surface area contributed by atoms with Crippen LogP contribution in [0.15, 0.2) is 24.3 Å². The van der Waals surface area contributed by atoms with E-state index < -0.39 is 42.4 Å². The van der Waals surface area contributed by atoms with Gasteiger partial charge in [-0.2, -0.15) is 0 Å². The minimum atomic E-state index is -2.03. The molecule has 0 saturated carbocycles. The Morgan fingerprint density at radius 2 is 1.62 bits per heavy atom. The van der Waals surface area contributed by atoms with Crippen LogP contribution in [0.5, 0.6) is 0 Å². The van der Waals surface area contributed by atoms with E-state index in [0.29, 0.717) is 0 Å². The van der Waals surface area contributed by atoms with Gasteiger partial charge in [0.1, 0.15) is 6.61 Å². The summed E-state index contributed by atoms with van der Waals surface area (Å²) in [6, 6.07) is 6.09. The van der Waals surface area contributed by atoms with Crippen LogP contribution in [0.3, 0.4) is 0 Å². The number of carbonyl (C=O) groups is 4. The van der Waals surface area contributed by atoms with Crippen molar-refractivity contribution < 1.29 is 38.1 Å². The first kappa shape index (κ1) is 17.5. The Morgan fingerprint density at radius 1 is 1.04 bits per heavy atom. The van der Waals surface area contributed by atoms with E-state index in [1.807, 2.05) is 0 Å². The molecule has 0 saturated heterocycles. The van der Waals surface area contributed by atoms with E-state index in [9.17, 15) is 19.2 Å². The van der Waals surface area contributed by atoms with Gasteiger partial charge in [-0.25, -0.2) is 4.79 Å². The van der Waals surface area contributed by atoms with E-state index >= 15 is 0 Å². The highest BCUT2D eigenvalue weighted by atomic mass is 16.8. The first-order valence-corrected chi connectivity index (χ1v) is 7.09. The largest absolute Gasteiger partial charge is 0.462 e. The molecular formula is C16H16O8. The molecule has 0 radical (unpaired) electrons. The van der Waals surface area contributed by atoms with Crippen LogP contribution in [0.4, 0.5) is 0 Å². The van der Waals surface area contributed by atoms with Gasteiger partial charge < -0.3 is 18.9 Å². The Hall–Kier alpha value is -2.90. The molecule has 0 fully saturated rings. The van der Waals surface area contributed by atoms with Crippen LogP contribution in [-0.2, 0) is 39.1 Å². The quantitative estimate of drug-likeness (QED) is 0.457. The molecule has 0 amide bonds. The van der Waals surface area contributed by atoms with Crippen molar-refractivity contribution in [1.29, 1.82) is 0 Å². The topological polar surface area (TPSA) is 105 Å². The van der Waals surface area contributed by atoms with Crippen molar-refractivity contribution in [3.63, 3.8) is 0 Å². The van der Waals surface area contributed by atoms with Crippen LogP contribution >= 0.6 is 0 Å². The summed E-state index contributed by atoms with van der Waals surface area (Å²) in [5.41, 5.74) is 0.225. The van der Waals surface area contributed by atoms with E-state index in [0.717, 1.165) is 20.8 Å². The number of hydrogen-bond donors (Lipinski definition) is 0. The summed E-state index contributed by atoms with van der Waals surface area (Å²) < 4.78 is 20.6. The molecule has 8 nitrogen and oxygen atoms in total. The fraction of sp³-hybridized carbons (Fsp3) is 0.375. The van der Waals surface area contributed by atoms with Gasteiger partial charge in [-0.1, -0.05) is 18.2 Å². The first-order chi connectivity index (χ1) is 11.3. The number of carbonyl (C=O) groups excluding carboxylic acids is 4. The minimum Gasteiger partial charge on any atom is -0.462 e. The summed E-state index contributed by atoms with van der Waals surface area (Å²) in [6.45, 7) is 2.95. The summed E-state index contributed by atoms with van der Waals surface area (Å²) in [5, 5.41) is 0. The van der Waals surface area contributed by atoms with Crippen LogP contribution < -0.4 is 0 Å². The maximum Gasteiger partial charge on any atom is 0.339 e. The number of rotatable bonds is 4. The number of hydrogen-bond acceptors (Lipinski definition) is 8. The van der Waals surface area contributed by atoms with Crippen molar-refractivity contribution in [2.24, 2.45) is 0 Å². The second-order valence-corrected chi connectivity index (χ2v) is 5.10. The summed E-state index contributed by atoms with van der Waals surface area (Å²) >= 11 is 0. The molecule has 1 unspecified atom stereocenters. The van der Waals surface area contributed by atoms with E-state index in [-0.39, 0.29) is 11.1 Å². The molecular weight excluding hydrogens is 320 g/mol. The number of benzene rings is 1. The van der Waals surface area contributed by atoms with Gasteiger partial charge >= 0.3 is 29.7 Å². The van der Waals surface area contributed by atoms with Crippen LogP contribution in [-0.4, -0.2) is 36.6 Å². The van der Waals surface area contributed by atoms with Crippen molar-refractivity contribution in [3.05, 3.63) is 35.4 Å². The highest BCUT2D eigenvalue weighted by Crippen LogP contribution is 2.40. The van der Waals surface area contributed by atoms with E-state index in [2.05, 4.69) is 0 Å². The third-order valence-corrected chi connectivity index (χ3v) is 3.22. The Morgan fingerprint density at radius 3 is 2.17 bits per heavy atom. The molecule has 0 N–H and O–H groups in total. The zero-order valence-electron chi connectivity index (χ0n) is 13.4. The number of fused-ring (bicyclic) bond motifs is 1. The Labute approximate surface area is 137 Å². The maximum absolute atomic E-state index is 12.2. The minimum absolute atomic E-state index is 0.0825. The van der Waals surface area contributed by atoms with Gasteiger partial charge in [-0.3, -0.25) is 14.4 Å². The maximum atomic E-state index is 12.2. The van der Waals surface area contributed by atoms with Crippen molar-refractivity contribution in [2.45, 2.75) is 32.7 Å². The molecule has 1 aromatic carbocycles. The molecule has 0 bridgehead atoms. The molecule has 1 aliphatic heterocycles.